The second-order valence-corrected chi connectivity index (χ2v) is 5.66. The minimum absolute atomic E-state index is 0.0178. The first-order valence-electron chi connectivity index (χ1n) is 7.22. The van der Waals surface area contributed by atoms with Crippen molar-refractivity contribution in [3.63, 3.8) is 0 Å². The van der Waals surface area contributed by atoms with Gasteiger partial charge in [-0.15, -0.1) is 0 Å². The number of hydrogen-bond donors (Lipinski definition) is 4. The first-order chi connectivity index (χ1) is 12.3. The molecule has 2 aromatic rings. The molecule has 0 fully saturated rings. The number of carbonyl (C=O) groups excluding carboxylic acids is 3. The fraction of sp³-hybridized carbons (Fsp3) is 0.0667. The molecule has 0 aliphatic carbocycles. The summed E-state index contributed by atoms with van der Waals surface area (Å²) in [5, 5.41) is 4.99. The van der Waals surface area contributed by atoms with Crippen LogP contribution in [0.15, 0.2) is 34.1 Å². The van der Waals surface area contributed by atoms with E-state index in [0.717, 1.165) is 0 Å². The molecule has 0 radical (unpaired) electrons. The van der Waals surface area contributed by atoms with Crippen LogP contribution in [0.3, 0.4) is 0 Å². The standard InChI is InChI=1S/C15H11ClN6O4/c16-6-1-3-7(4-2-6)18-15-20-11-10(13(25)22-15)8(5-9(23)19-11)12(24)21-14(17)26/h1-4H,5H2,(H3,17,21,24,26)(H2,18,19,20,22,23,25). The lowest BCUT2D eigenvalue weighted by Gasteiger charge is -2.10. The molecule has 0 unspecified atom stereocenters. The van der Waals surface area contributed by atoms with Crippen molar-refractivity contribution in [1.82, 2.24) is 15.3 Å². The molecular weight excluding hydrogens is 364 g/mol. The van der Waals surface area contributed by atoms with Gasteiger partial charge in [0.05, 0.1) is 11.6 Å². The zero-order chi connectivity index (χ0) is 18.8. The molecule has 2 heterocycles. The van der Waals surface area contributed by atoms with Gasteiger partial charge in [-0.3, -0.25) is 24.7 Å². The summed E-state index contributed by atoms with van der Waals surface area (Å²) in [6.45, 7) is 0. The van der Waals surface area contributed by atoms with Crippen molar-refractivity contribution in [2.45, 2.75) is 6.42 Å². The Labute approximate surface area is 149 Å². The number of benzene rings is 1. The molecule has 5 N–H and O–H groups in total. The van der Waals surface area contributed by atoms with E-state index in [1.807, 2.05) is 5.32 Å². The van der Waals surface area contributed by atoms with E-state index in [2.05, 4.69) is 20.3 Å². The van der Waals surface area contributed by atoms with Crippen molar-refractivity contribution in [1.29, 1.82) is 0 Å². The molecule has 0 atom stereocenters. The topological polar surface area (TPSA) is 159 Å². The summed E-state index contributed by atoms with van der Waals surface area (Å²) in [6, 6.07) is 5.47. The van der Waals surface area contributed by atoms with Gasteiger partial charge < -0.3 is 11.1 Å². The van der Waals surface area contributed by atoms with Crippen molar-refractivity contribution in [3.8, 4) is 0 Å². The fourth-order valence-corrected chi connectivity index (χ4v) is 2.45. The van der Waals surface area contributed by atoms with Crippen LogP contribution in [0.25, 0.3) is 5.57 Å². The number of halogens is 1. The average Bonchev–Trinajstić information content (AvgIpc) is 2.55. The van der Waals surface area contributed by atoms with Crippen molar-refractivity contribution >= 4 is 46.7 Å². The third-order valence-electron chi connectivity index (χ3n) is 3.38. The maximum Gasteiger partial charge on any atom is 0.319 e. The lowest BCUT2D eigenvalue weighted by molar-refractivity contribution is -0.119. The quantitative estimate of drug-likeness (QED) is 0.542. The van der Waals surface area contributed by atoms with Gasteiger partial charge in [0.15, 0.2) is 5.49 Å². The van der Waals surface area contributed by atoms with E-state index < -0.39 is 29.8 Å². The normalized spacial score (nSPS) is 12.8. The number of nitrogens with two attached hydrogens (primary N) is 1. The third kappa shape index (κ3) is 3.59. The second-order valence-electron chi connectivity index (χ2n) is 5.22. The average molecular weight is 375 g/mol. The van der Waals surface area contributed by atoms with Crippen LogP contribution in [0.1, 0.15) is 6.42 Å². The first kappa shape index (κ1) is 17.3. The highest BCUT2D eigenvalue weighted by Crippen LogP contribution is 2.15. The Morgan fingerprint density at radius 2 is 1.88 bits per heavy atom. The van der Waals surface area contributed by atoms with Crippen LogP contribution in [0.4, 0.5) is 16.4 Å². The number of carbonyl (C=O) groups is 3. The number of aromatic amines is 1. The molecule has 3 rings (SSSR count). The van der Waals surface area contributed by atoms with Gasteiger partial charge in [0, 0.05) is 16.3 Å². The zero-order valence-electron chi connectivity index (χ0n) is 13.0. The predicted molar refractivity (Wildman–Crippen MR) is 91.1 cm³/mol. The number of nitrogens with one attached hydrogen (secondary N) is 3. The van der Waals surface area contributed by atoms with E-state index in [9.17, 15) is 19.2 Å². The minimum Gasteiger partial charge on any atom is -0.351 e. The fourth-order valence-electron chi connectivity index (χ4n) is 2.32. The SMILES string of the molecule is NC(=O)NC(=O)C1=c2c(nc(Nc3ccc(Cl)cc3)[nH]c2=O)=NC(=O)C1. The van der Waals surface area contributed by atoms with Gasteiger partial charge in [0.1, 0.15) is 0 Å². The highest BCUT2D eigenvalue weighted by Gasteiger charge is 2.22. The van der Waals surface area contributed by atoms with E-state index in [0.29, 0.717) is 10.7 Å². The first-order valence-corrected chi connectivity index (χ1v) is 7.60. The van der Waals surface area contributed by atoms with Gasteiger partial charge in [-0.05, 0) is 24.3 Å². The van der Waals surface area contributed by atoms with Gasteiger partial charge >= 0.3 is 6.03 Å². The summed E-state index contributed by atoms with van der Waals surface area (Å²) in [7, 11) is 0. The largest absolute Gasteiger partial charge is 0.351 e. The van der Waals surface area contributed by atoms with Gasteiger partial charge in [-0.1, -0.05) is 11.6 Å². The van der Waals surface area contributed by atoms with Gasteiger partial charge in [0.2, 0.25) is 5.95 Å². The number of urea groups is 1. The summed E-state index contributed by atoms with van der Waals surface area (Å²) >= 11 is 5.81. The molecule has 1 aliphatic heterocycles. The summed E-state index contributed by atoms with van der Waals surface area (Å²) in [4.78, 5) is 57.2. The number of fused-ring (bicyclic) bond motifs is 1. The Morgan fingerprint density at radius 3 is 2.54 bits per heavy atom. The van der Waals surface area contributed by atoms with Crippen LogP contribution in [-0.4, -0.2) is 27.8 Å². The summed E-state index contributed by atoms with van der Waals surface area (Å²) in [6.07, 6.45) is -0.444. The molecule has 1 aromatic heterocycles. The number of rotatable bonds is 3. The number of aromatic nitrogens is 2. The Bertz CT molecular complexity index is 1110. The maximum absolute atomic E-state index is 12.4. The van der Waals surface area contributed by atoms with Crippen LogP contribution in [-0.2, 0) is 9.59 Å². The lowest BCUT2D eigenvalue weighted by Crippen LogP contribution is -2.51. The molecule has 26 heavy (non-hydrogen) atoms. The van der Waals surface area contributed by atoms with E-state index in [1.54, 1.807) is 24.3 Å². The number of hydrogen-bond acceptors (Lipinski definition) is 6. The van der Waals surface area contributed by atoms with Gasteiger partial charge in [-0.2, -0.15) is 9.98 Å². The van der Waals surface area contributed by atoms with Crippen molar-refractivity contribution in [2.75, 3.05) is 5.32 Å². The van der Waals surface area contributed by atoms with E-state index in [1.165, 1.54) is 0 Å². The monoisotopic (exact) mass is 374 g/mol. The molecule has 1 aromatic carbocycles. The zero-order valence-corrected chi connectivity index (χ0v) is 13.8. The van der Waals surface area contributed by atoms with Crippen LogP contribution in [0.2, 0.25) is 5.02 Å². The Morgan fingerprint density at radius 1 is 1.19 bits per heavy atom. The van der Waals surface area contributed by atoms with Gasteiger partial charge in [-0.25, -0.2) is 4.79 Å². The van der Waals surface area contributed by atoms with Crippen molar-refractivity contribution in [3.05, 3.63) is 50.3 Å². The molecule has 1 aliphatic rings. The van der Waals surface area contributed by atoms with Crippen LogP contribution >= 0.6 is 11.6 Å². The molecule has 0 bridgehead atoms. The second kappa shape index (κ2) is 6.76. The minimum atomic E-state index is -1.11. The van der Waals surface area contributed by atoms with E-state index in [-0.39, 0.29) is 22.2 Å². The lowest BCUT2D eigenvalue weighted by atomic mass is 10.1. The van der Waals surface area contributed by atoms with Crippen molar-refractivity contribution in [2.24, 2.45) is 10.7 Å². The molecular formula is C15H11ClN6O4. The molecule has 0 saturated carbocycles. The molecule has 11 heteroatoms. The maximum atomic E-state index is 12.4. The van der Waals surface area contributed by atoms with Crippen LogP contribution < -0.4 is 32.6 Å². The number of anilines is 2. The number of H-pyrrole nitrogens is 1. The number of primary amides is 1. The van der Waals surface area contributed by atoms with E-state index in [4.69, 9.17) is 17.3 Å². The van der Waals surface area contributed by atoms with Crippen molar-refractivity contribution < 1.29 is 14.4 Å². The number of nitrogens with zero attached hydrogens (tertiary/aromatic N) is 2. The molecule has 4 amide bonds. The Balaban J connectivity index is 2.10. The molecule has 10 nitrogen and oxygen atoms in total. The highest BCUT2D eigenvalue weighted by atomic mass is 35.5. The third-order valence-corrected chi connectivity index (χ3v) is 3.63. The molecule has 132 valence electrons. The molecule has 0 saturated heterocycles. The van der Waals surface area contributed by atoms with Crippen LogP contribution in [0.5, 0.6) is 0 Å². The number of imide groups is 1. The number of amides is 4. The van der Waals surface area contributed by atoms with Crippen LogP contribution in [0, 0.1) is 0 Å². The Hall–Kier alpha value is -3.53. The summed E-state index contributed by atoms with van der Waals surface area (Å²) in [5.74, 6) is -1.61. The predicted octanol–water partition coefficient (Wildman–Crippen LogP) is -0.938. The van der Waals surface area contributed by atoms with E-state index >= 15 is 0 Å². The van der Waals surface area contributed by atoms with Gasteiger partial charge in [0.25, 0.3) is 17.4 Å². The summed E-state index contributed by atoms with van der Waals surface area (Å²) < 4.78 is 0. The Kier molecular flexibility index (Phi) is 4.50. The smallest absolute Gasteiger partial charge is 0.319 e. The highest BCUT2D eigenvalue weighted by molar-refractivity contribution is 6.30. The molecule has 0 spiro atoms. The summed E-state index contributed by atoms with van der Waals surface area (Å²) in [5.41, 5.74) is 4.33.